The molecule has 0 aromatic rings. The van der Waals surface area contributed by atoms with Crippen molar-refractivity contribution in [2.75, 3.05) is 13.1 Å². The van der Waals surface area contributed by atoms with Crippen molar-refractivity contribution < 1.29 is 9.52 Å². The molecule has 0 amide bonds. The summed E-state index contributed by atoms with van der Waals surface area (Å²) in [4.78, 5) is 23.0. The summed E-state index contributed by atoms with van der Waals surface area (Å²) in [6, 6.07) is -0.216. The summed E-state index contributed by atoms with van der Waals surface area (Å²) in [7, 11) is 0. The molecule has 1 fully saturated rings. The first kappa shape index (κ1) is 9.24. The van der Waals surface area contributed by atoms with Crippen molar-refractivity contribution in [3.8, 4) is 0 Å². The maximum Gasteiger partial charge on any atom is 0.304 e. The van der Waals surface area contributed by atoms with Crippen molar-refractivity contribution in [3.63, 3.8) is 0 Å². The molecule has 0 aromatic carbocycles. The largest absolute Gasteiger partial charge is 0.304 e. The zero-order valence-corrected chi connectivity index (χ0v) is 8.06. The van der Waals surface area contributed by atoms with Crippen molar-refractivity contribution in [2.24, 2.45) is 0 Å². The second-order valence-electron chi connectivity index (χ2n) is 3.73. The van der Waals surface area contributed by atoms with Gasteiger partial charge in [0.2, 0.25) is 6.54 Å². The normalized spacial score (nSPS) is 27.7. The first-order valence-corrected chi connectivity index (χ1v) is 5.04. The lowest BCUT2D eigenvalue weighted by molar-refractivity contribution is -0.622. The van der Waals surface area contributed by atoms with Gasteiger partial charge in [-0.25, -0.2) is 0 Å². The van der Waals surface area contributed by atoms with Crippen molar-refractivity contribution in [1.29, 1.82) is 0 Å². The number of nitroso groups, excluding NO2 is 2. The minimum atomic E-state index is -0.216. The topological polar surface area (TPSA) is 40.2 Å². The summed E-state index contributed by atoms with van der Waals surface area (Å²) in [6.07, 6.45) is 8.21. The molecule has 4 nitrogen and oxygen atoms in total. The van der Waals surface area contributed by atoms with Gasteiger partial charge in [-0.15, -0.1) is 0 Å². The molecule has 1 atom stereocenters. The van der Waals surface area contributed by atoms with Crippen LogP contribution in [0.5, 0.6) is 0 Å². The average molecular weight is 194 g/mol. The van der Waals surface area contributed by atoms with Crippen LogP contribution in [0.4, 0.5) is 0 Å². The van der Waals surface area contributed by atoms with Gasteiger partial charge in [0.1, 0.15) is 0 Å². The zero-order chi connectivity index (χ0) is 9.97. The Balaban J connectivity index is 2.20. The summed E-state index contributed by atoms with van der Waals surface area (Å²) in [5.41, 5.74) is 0.627. The van der Waals surface area contributed by atoms with Gasteiger partial charge < -0.3 is 0 Å². The Morgan fingerprint density at radius 1 is 1.29 bits per heavy atom. The molecule has 0 bridgehead atoms. The van der Waals surface area contributed by atoms with Gasteiger partial charge in [0.05, 0.1) is 0 Å². The molecule has 1 saturated heterocycles. The highest BCUT2D eigenvalue weighted by atomic mass is 16.3. The maximum atomic E-state index is 11.5. The van der Waals surface area contributed by atoms with Gasteiger partial charge in [0.15, 0.2) is 6.54 Å². The Hall–Kier alpha value is -1.32. The maximum absolute atomic E-state index is 11.5. The van der Waals surface area contributed by atoms with E-state index in [0.717, 1.165) is 28.8 Å². The Morgan fingerprint density at radius 3 is 2.86 bits per heavy atom. The van der Waals surface area contributed by atoms with E-state index < -0.39 is 0 Å². The van der Waals surface area contributed by atoms with Crippen molar-refractivity contribution >= 4 is 0 Å². The van der Waals surface area contributed by atoms with Gasteiger partial charge in [0.25, 0.3) is 6.04 Å². The van der Waals surface area contributed by atoms with Crippen LogP contribution in [0.25, 0.3) is 0 Å². The fourth-order valence-electron chi connectivity index (χ4n) is 1.99. The SMILES string of the molecule is O=[N+]1CC=CC=C1C1CCCC[N+]1=O. The Morgan fingerprint density at radius 2 is 2.14 bits per heavy atom. The van der Waals surface area contributed by atoms with E-state index in [9.17, 15) is 9.81 Å². The number of allylic oxidation sites excluding steroid dienone is 2. The molecule has 0 aliphatic carbocycles. The van der Waals surface area contributed by atoms with Crippen LogP contribution >= 0.6 is 0 Å². The van der Waals surface area contributed by atoms with Crippen molar-refractivity contribution in [2.45, 2.75) is 25.3 Å². The van der Waals surface area contributed by atoms with Crippen LogP contribution in [-0.4, -0.2) is 28.7 Å². The van der Waals surface area contributed by atoms with E-state index in [1.807, 2.05) is 6.08 Å². The predicted molar refractivity (Wildman–Crippen MR) is 51.9 cm³/mol. The molecule has 0 N–H and O–H groups in total. The van der Waals surface area contributed by atoms with Gasteiger partial charge >= 0.3 is 5.70 Å². The number of nitrogens with zero attached hydrogens (tertiary/aromatic N) is 2. The molecule has 2 rings (SSSR count). The Bertz CT molecular complexity index is 331. The lowest BCUT2D eigenvalue weighted by Crippen LogP contribution is -2.35. The smallest absolute Gasteiger partial charge is 0.0532 e. The first-order chi connectivity index (χ1) is 6.79. The Labute approximate surface area is 82.4 Å². The van der Waals surface area contributed by atoms with Gasteiger partial charge in [-0.3, -0.25) is 0 Å². The molecule has 2 aliphatic rings. The molecule has 0 radical (unpaired) electrons. The third kappa shape index (κ3) is 1.64. The molecule has 2 aliphatic heterocycles. The van der Waals surface area contributed by atoms with Gasteiger partial charge in [-0.05, 0) is 12.5 Å². The zero-order valence-electron chi connectivity index (χ0n) is 8.06. The quantitative estimate of drug-likeness (QED) is 0.594. The molecule has 0 spiro atoms. The highest BCUT2D eigenvalue weighted by Crippen LogP contribution is 2.21. The lowest BCUT2D eigenvalue weighted by atomic mass is 10.0. The molecular formula is C10H14N2O2+2. The van der Waals surface area contributed by atoms with E-state index in [4.69, 9.17) is 0 Å². The van der Waals surface area contributed by atoms with Crippen LogP contribution < -0.4 is 0 Å². The van der Waals surface area contributed by atoms with Crippen LogP contribution in [0.3, 0.4) is 0 Å². The van der Waals surface area contributed by atoms with Crippen LogP contribution in [0.2, 0.25) is 0 Å². The fourth-order valence-corrected chi connectivity index (χ4v) is 1.99. The van der Waals surface area contributed by atoms with Crippen LogP contribution in [0, 0.1) is 9.81 Å². The summed E-state index contributed by atoms with van der Waals surface area (Å²) in [5.74, 6) is 0. The van der Waals surface area contributed by atoms with E-state index in [1.54, 1.807) is 12.2 Å². The van der Waals surface area contributed by atoms with Crippen molar-refractivity contribution in [3.05, 3.63) is 33.7 Å². The summed E-state index contributed by atoms with van der Waals surface area (Å²) in [5, 5.41) is 0. The lowest BCUT2D eigenvalue weighted by Gasteiger charge is -2.12. The van der Waals surface area contributed by atoms with Gasteiger partial charge in [-0.1, -0.05) is 6.08 Å². The monoisotopic (exact) mass is 194 g/mol. The van der Waals surface area contributed by atoms with E-state index >= 15 is 0 Å². The van der Waals surface area contributed by atoms with Crippen LogP contribution in [0.1, 0.15) is 19.3 Å². The molecule has 4 heteroatoms. The summed E-state index contributed by atoms with van der Waals surface area (Å²) >= 11 is 0. The second-order valence-corrected chi connectivity index (χ2v) is 3.73. The molecule has 1 unspecified atom stereocenters. The van der Waals surface area contributed by atoms with Crippen LogP contribution in [-0.2, 0) is 0 Å². The highest BCUT2D eigenvalue weighted by Gasteiger charge is 2.41. The standard InChI is InChI=1S/C10H14N2O2/c13-11-7-3-1-5-9(11)10-6-2-4-8-12(10)14/h1,3,5,10H,2,4,6-8H2/q+2. The molecular weight excluding hydrogens is 180 g/mol. The van der Waals surface area contributed by atoms with E-state index in [-0.39, 0.29) is 6.04 Å². The summed E-state index contributed by atoms with van der Waals surface area (Å²) < 4.78 is 1.96. The highest BCUT2D eigenvalue weighted by molar-refractivity contribution is 5.13. The molecule has 74 valence electrons. The number of hydrogen-bond acceptors (Lipinski definition) is 2. The van der Waals surface area contributed by atoms with E-state index in [1.165, 1.54) is 0 Å². The first-order valence-electron chi connectivity index (χ1n) is 5.04. The predicted octanol–water partition coefficient (Wildman–Crippen LogP) is 1.55. The van der Waals surface area contributed by atoms with Gasteiger partial charge in [0, 0.05) is 38.3 Å². The average Bonchev–Trinajstić information content (AvgIpc) is 2.20. The third-order valence-corrected chi connectivity index (χ3v) is 2.76. The Kier molecular flexibility index (Phi) is 2.52. The number of piperidine rings is 1. The third-order valence-electron chi connectivity index (χ3n) is 2.76. The minimum absolute atomic E-state index is 0.216. The van der Waals surface area contributed by atoms with Crippen molar-refractivity contribution in [1.82, 2.24) is 0 Å². The molecule has 2 heterocycles. The van der Waals surface area contributed by atoms with E-state index in [2.05, 4.69) is 0 Å². The molecule has 0 aromatic heterocycles. The van der Waals surface area contributed by atoms with E-state index in [0.29, 0.717) is 18.8 Å². The van der Waals surface area contributed by atoms with Crippen LogP contribution in [0.15, 0.2) is 23.9 Å². The molecule has 0 saturated carbocycles. The number of hydrogen-bond donors (Lipinski definition) is 0. The second kappa shape index (κ2) is 3.82. The summed E-state index contributed by atoms with van der Waals surface area (Å²) in [6.45, 7) is 0.926. The number of rotatable bonds is 1. The molecule has 14 heavy (non-hydrogen) atoms. The van der Waals surface area contributed by atoms with Gasteiger partial charge in [-0.2, -0.15) is 0 Å². The fraction of sp³-hybridized carbons (Fsp3) is 0.600. The minimum Gasteiger partial charge on any atom is -0.0532 e.